The first-order valence-electron chi connectivity index (χ1n) is 4.96. The van der Waals surface area contributed by atoms with Gasteiger partial charge in [0.25, 0.3) is 0 Å². The molecular formula is C12H14ClNS. The van der Waals surface area contributed by atoms with Crippen molar-refractivity contribution in [3.63, 3.8) is 0 Å². The number of hydrogen-bond donors (Lipinski definition) is 0. The van der Waals surface area contributed by atoms with Crippen LogP contribution in [0.2, 0.25) is 0 Å². The van der Waals surface area contributed by atoms with Gasteiger partial charge in [-0.15, -0.1) is 22.9 Å². The van der Waals surface area contributed by atoms with Crippen molar-refractivity contribution in [3.8, 4) is 10.4 Å². The maximum atomic E-state index is 5.68. The first-order chi connectivity index (χ1) is 7.40. The number of aromatic nitrogens is 1. The summed E-state index contributed by atoms with van der Waals surface area (Å²) in [4.78, 5) is 5.37. The molecular weight excluding hydrogens is 226 g/mol. The summed E-state index contributed by atoms with van der Waals surface area (Å²) in [6, 6.07) is 10.2. The summed E-state index contributed by atoms with van der Waals surface area (Å²) >= 11 is 7.32. The predicted octanol–water partition coefficient (Wildman–Crippen LogP) is 4.58. The van der Waals surface area contributed by atoms with Gasteiger partial charge in [-0.05, 0) is 5.56 Å². The van der Waals surface area contributed by atoms with Crippen molar-refractivity contribution in [2.45, 2.75) is 19.7 Å². The second-order valence-electron chi connectivity index (χ2n) is 2.62. The lowest BCUT2D eigenvalue weighted by Crippen LogP contribution is -1.68. The zero-order valence-electron chi connectivity index (χ0n) is 8.90. The molecule has 0 amide bonds. The van der Waals surface area contributed by atoms with Crippen LogP contribution in [-0.4, -0.2) is 4.98 Å². The highest BCUT2D eigenvalue weighted by atomic mass is 35.5. The van der Waals surface area contributed by atoms with Gasteiger partial charge in [0, 0.05) is 6.20 Å². The van der Waals surface area contributed by atoms with Gasteiger partial charge in [0.1, 0.15) is 5.01 Å². The normalized spacial score (nSPS) is 9.27. The summed E-state index contributed by atoms with van der Waals surface area (Å²) in [5, 5.41) is 0.973. The minimum atomic E-state index is 0.498. The Morgan fingerprint density at radius 2 is 1.87 bits per heavy atom. The van der Waals surface area contributed by atoms with Crippen LogP contribution in [-0.2, 0) is 5.88 Å². The van der Waals surface area contributed by atoms with Crippen LogP contribution in [0, 0.1) is 0 Å². The first kappa shape index (κ1) is 12.2. The van der Waals surface area contributed by atoms with E-state index in [0.717, 1.165) is 5.01 Å². The average Bonchev–Trinajstić information content (AvgIpc) is 2.81. The molecule has 0 atom stereocenters. The van der Waals surface area contributed by atoms with E-state index >= 15 is 0 Å². The van der Waals surface area contributed by atoms with Crippen LogP contribution in [0.5, 0.6) is 0 Å². The molecule has 0 unspecified atom stereocenters. The van der Waals surface area contributed by atoms with E-state index in [0.29, 0.717) is 5.88 Å². The maximum Gasteiger partial charge on any atom is 0.108 e. The molecule has 2 aromatic rings. The van der Waals surface area contributed by atoms with Crippen LogP contribution in [0.4, 0.5) is 0 Å². The molecule has 0 N–H and O–H groups in total. The zero-order valence-corrected chi connectivity index (χ0v) is 10.5. The van der Waals surface area contributed by atoms with Crippen LogP contribution >= 0.6 is 22.9 Å². The fourth-order valence-electron chi connectivity index (χ4n) is 1.11. The van der Waals surface area contributed by atoms with Crippen LogP contribution < -0.4 is 0 Å². The summed E-state index contributed by atoms with van der Waals surface area (Å²) in [6.07, 6.45) is 1.87. The second-order valence-corrected chi connectivity index (χ2v) is 4.00. The average molecular weight is 240 g/mol. The number of hydrogen-bond acceptors (Lipinski definition) is 2. The Balaban J connectivity index is 0.000000531. The summed E-state index contributed by atoms with van der Waals surface area (Å²) in [5.74, 6) is 0.498. The van der Waals surface area contributed by atoms with Gasteiger partial charge in [-0.1, -0.05) is 44.2 Å². The molecule has 1 aromatic carbocycles. The number of alkyl halides is 1. The van der Waals surface area contributed by atoms with Crippen molar-refractivity contribution in [3.05, 3.63) is 41.5 Å². The van der Waals surface area contributed by atoms with E-state index in [1.54, 1.807) is 11.3 Å². The number of benzene rings is 1. The third-order valence-electron chi connectivity index (χ3n) is 1.73. The van der Waals surface area contributed by atoms with E-state index in [1.165, 1.54) is 10.4 Å². The molecule has 1 heterocycles. The molecule has 1 aromatic heterocycles. The molecule has 15 heavy (non-hydrogen) atoms. The van der Waals surface area contributed by atoms with E-state index in [4.69, 9.17) is 11.6 Å². The molecule has 0 radical (unpaired) electrons. The second kappa shape index (κ2) is 6.59. The largest absolute Gasteiger partial charge is 0.248 e. The van der Waals surface area contributed by atoms with Crippen molar-refractivity contribution in [2.24, 2.45) is 0 Å². The Morgan fingerprint density at radius 1 is 1.20 bits per heavy atom. The van der Waals surface area contributed by atoms with Gasteiger partial charge in [-0.25, -0.2) is 4.98 Å². The molecule has 0 saturated heterocycles. The van der Waals surface area contributed by atoms with E-state index in [9.17, 15) is 0 Å². The van der Waals surface area contributed by atoms with E-state index in [1.807, 2.05) is 38.2 Å². The molecule has 0 aliphatic heterocycles. The first-order valence-corrected chi connectivity index (χ1v) is 6.31. The van der Waals surface area contributed by atoms with Crippen molar-refractivity contribution < 1.29 is 0 Å². The van der Waals surface area contributed by atoms with Crippen LogP contribution in [0.25, 0.3) is 10.4 Å². The van der Waals surface area contributed by atoms with Crippen molar-refractivity contribution >= 4 is 22.9 Å². The van der Waals surface area contributed by atoms with Gasteiger partial charge in [0.2, 0.25) is 0 Å². The summed E-state index contributed by atoms with van der Waals surface area (Å²) in [7, 11) is 0. The van der Waals surface area contributed by atoms with Crippen LogP contribution in [0.3, 0.4) is 0 Å². The number of nitrogens with zero attached hydrogens (tertiary/aromatic N) is 1. The summed E-state index contributed by atoms with van der Waals surface area (Å²) in [5.41, 5.74) is 1.20. The monoisotopic (exact) mass is 239 g/mol. The Morgan fingerprint density at radius 3 is 2.40 bits per heavy atom. The molecule has 2 rings (SSSR count). The van der Waals surface area contributed by atoms with Gasteiger partial charge in [-0.2, -0.15) is 0 Å². The molecule has 0 aliphatic carbocycles. The fourth-order valence-corrected chi connectivity index (χ4v) is 2.11. The number of halogens is 1. The quantitative estimate of drug-likeness (QED) is 0.700. The Kier molecular flexibility index (Phi) is 5.37. The highest BCUT2D eigenvalue weighted by Gasteiger charge is 2.01. The minimum Gasteiger partial charge on any atom is -0.248 e. The van der Waals surface area contributed by atoms with Crippen LogP contribution in [0.15, 0.2) is 36.5 Å². The predicted molar refractivity (Wildman–Crippen MR) is 68.5 cm³/mol. The fraction of sp³-hybridized carbons (Fsp3) is 0.250. The molecule has 0 fully saturated rings. The molecule has 0 aliphatic rings. The molecule has 80 valence electrons. The van der Waals surface area contributed by atoms with Gasteiger partial charge in [0.05, 0.1) is 10.8 Å². The lowest BCUT2D eigenvalue weighted by atomic mass is 10.2. The van der Waals surface area contributed by atoms with E-state index in [2.05, 4.69) is 17.1 Å². The smallest absolute Gasteiger partial charge is 0.108 e. The molecule has 1 nitrogen and oxygen atoms in total. The Hall–Kier alpha value is -0.860. The molecule has 0 bridgehead atoms. The van der Waals surface area contributed by atoms with E-state index in [-0.39, 0.29) is 0 Å². The van der Waals surface area contributed by atoms with Gasteiger partial charge in [0.15, 0.2) is 0 Å². The topological polar surface area (TPSA) is 12.9 Å². The van der Waals surface area contributed by atoms with E-state index < -0.39 is 0 Å². The van der Waals surface area contributed by atoms with Crippen molar-refractivity contribution in [1.29, 1.82) is 0 Å². The highest BCUT2D eigenvalue weighted by molar-refractivity contribution is 7.15. The maximum absolute atomic E-state index is 5.68. The highest BCUT2D eigenvalue weighted by Crippen LogP contribution is 2.26. The lowest BCUT2D eigenvalue weighted by Gasteiger charge is -1.92. The van der Waals surface area contributed by atoms with Crippen molar-refractivity contribution in [1.82, 2.24) is 4.98 Å². The third-order valence-corrected chi connectivity index (χ3v) is 3.18. The van der Waals surface area contributed by atoms with Gasteiger partial charge < -0.3 is 0 Å². The summed E-state index contributed by atoms with van der Waals surface area (Å²) in [6.45, 7) is 4.00. The lowest BCUT2D eigenvalue weighted by molar-refractivity contribution is 1.26. The number of rotatable bonds is 2. The summed E-state index contributed by atoms with van der Waals surface area (Å²) < 4.78 is 0. The molecule has 0 spiro atoms. The Labute approximate surface area is 99.8 Å². The Bertz CT molecular complexity index is 384. The number of thiazole rings is 1. The van der Waals surface area contributed by atoms with Crippen molar-refractivity contribution in [2.75, 3.05) is 0 Å². The molecule has 3 heteroatoms. The van der Waals surface area contributed by atoms with Crippen LogP contribution in [0.1, 0.15) is 18.9 Å². The van der Waals surface area contributed by atoms with Gasteiger partial charge >= 0.3 is 0 Å². The third kappa shape index (κ3) is 3.33. The molecule has 0 saturated carbocycles. The van der Waals surface area contributed by atoms with Gasteiger partial charge in [-0.3, -0.25) is 0 Å². The standard InChI is InChI=1S/C10H8ClNS.C2H6/c11-6-10-12-7-9(13-10)8-4-2-1-3-5-8;1-2/h1-5,7H,6H2;1-2H3. The minimum absolute atomic E-state index is 0.498. The SMILES string of the molecule is CC.ClCc1ncc(-c2ccccc2)s1. The zero-order chi connectivity index (χ0) is 11.1.